The van der Waals surface area contributed by atoms with Gasteiger partial charge in [0.05, 0.1) is 0 Å². The van der Waals surface area contributed by atoms with Crippen LogP contribution >= 0.6 is 0 Å². The first-order valence-electron chi connectivity index (χ1n) is 7.34. The van der Waals surface area contributed by atoms with Gasteiger partial charge < -0.3 is 0 Å². The topological polar surface area (TPSA) is 17.1 Å². The van der Waals surface area contributed by atoms with E-state index in [2.05, 4.69) is 24.3 Å². The van der Waals surface area contributed by atoms with Crippen molar-refractivity contribution in [3.05, 3.63) is 89.9 Å². The molecule has 0 saturated carbocycles. The van der Waals surface area contributed by atoms with Crippen LogP contribution in [0.25, 0.3) is 0 Å². The van der Waals surface area contributed by atoms with E-state index in [1.807, 2.05) is 60.7 Å². The van der Waals surface area contributed by atoms with Gasteiger partial charge in [0.15, 0.2) is 0 Å². The lowest BCUT2D eigenvalue weighted by molar-refractivity contribution is 0.668. The van der Waals surface area contributed by atoms with Crippen molar-refractivity contribution < 1.29 is 4.21 Å². The molecule has 0 saturated heterocycles. The second-order valence-electron chi connectivity index (χ2n) is 5.27. The standard InChI is InChI=1S/C19H20OS/c20-21(18-13-7-3-8-14-18,19-15-9-4-10-16-19)17-11-5-1-2-6-12-17/h1,3-15,19,21H,2,16H2. The van der Waals surface area contributed by atoms with E-state index in [9.17, 15) is 4.21 Å². The van der Waals surface area contributed by atoms with Crippen LogP contribution in [0.3, 0.4) is 0 Å². The lowest BCUT2D eigenvalue weighted by Crippen LogP contribution is -2.29. The second-order valence-corrected chi connectivity index (χ2v) is 8.28. The molecule has 2 aliphatic rings. The maximum absolute atomic E-state index is 14.0. The molecule has 2 aliphatic carbocycles. The van der Waals surface area contributed by atoms with E-state index in [0.717, 1.165) is 22.6 Å². The summed E-state index contributed by atoms with van der Waals surface area (Å²) < 4.78 is 14.0. The first-order valence-corrected chi connectivity index (χ1v) is 9.12. The van der Waals surface area contributed by atoms with Crippen molar-refractivity contribution in [2.45, 2.75) is 23.0 Å². The monoisotopic (exact) mass is 296 g/mol. The van der Waals surface area contributed by atoms with Crippen molar-refractivity contribution >= 4 is 9.93 Å². The summed E-state index contributed by atoms with van der Waals surface area (Å²) in [4.78, 5) is 1.90. The third kappa shape index (κ3) is 2.77. The molecule has 0 radical (unpaired) electrons. The van der Waals surface area contributed by atoms with Gasteiger partial charge in [-0.1, -0.05) is 66.8 Å². The molecule has 0 N–H and O–H groups in total. The van der Waals surface area contributed by atoms with Gasteiger partial charge in [0.1, 0.15) is 0 Å². The fourth-order valence-corrected chi connectivity index (χ4v) is 5.88. The number of hydrogen-bond acceptors (Lipinski definition) is 1. The molecule has 1 aromatic rings. The molecule has 0 spiro atoms. The van der Waals surface area contributed by atoms with Crippen molar-refractivity contribution in [3.8, 4) is 0 Å². The third-order valence-electron chi connectivity index (χ3n) is 3.91. The average Bonchev–Trinajstić information content (AvgIpc) is 2.85. The Bertz CT molecular complexity index is 690. The van der Waals surface area contributed by atoms with Crippen LogP contribution in [0.5, 0.6) is 0 Å². The molecule has 1 atom stereocenters. The SMILES string of the molecule is O=[SH](C1=CC=CCC=C1)(c1ccccc1)C1C=CC=CC1. The molecular formula is C19H20OS. The molecule has 0 heterocycles. The summed E-state index contributed by atoms with van der Waals surface area (Å²) in [7, 11) is -2.67. The van der Waals surface area contributed by atoms with Gasteiger partial charge in [-0.2, -0.15) is 0 Å². The molecule has 1 nitrogen and oxygen atoms in total. The molecule has 1 aromatic carbocycles. The zero-order valence-electron chi connectivity index (χ0n) is 11.9. The predicted molar refractivity (Wildman–Crippen MR) is 91.9 cm³/mol. The Balaban J connectivity index is 2.13. The Morgan fingerprint density at radius 2 is 1.81 bits per heavy atom. The lowest BCUT2D eigenvalue weighted by atomic mass is 10.2. The third-order valence-corrected chi connectivity index (χ3v) is 7.36. The largest absolute Gasteiger partial charge is 0.275 e. The molecule has 0 fully saturated rings. The van der Waals surface area contributed by atoms with Crippen molar-refractivity contribution in [1.82, 2.24) is 0 Å². The van der Waals surface area contributed by atoms with Crippen LogP contribution in [0.15, 0.2) is 94.8 Å². The van der Waals surface area contributed by atoms with E-state index >= 15 is 0 Å². The summed E-state index contributed by atoms with van der Waals surface area (Å²) in [6.07, 6.45) is 20.2. The van der Waals surface area contributed by atoms with Gasteiger partial charge in [-0.05, 0) is 41.0 Å². The van der Waals surface area contributed by atoms with Gasteiger partial charge in [-0.3, -0.25) is 4.21 Å². The summed E-state index contributed by atoms with van der Waals surface area (Å²) in [6, 6.07) is 9.91. The average molecular weight is 296 g/mol. The Hall–Kier alpha value is -1.93. The van der Waals surface area contributed by atoms with Crippen LogP contribution < -0.4 is 0 Å². The van der Waals surface area contributed by atoms with Crippen molar-refractivity contribution in [2.75, 3.05) is 0 Å². The van der Waals surface area contributed by atoms with Gasteiger partial charge in [-0.15, -0.1) is 0 Å². The lowest BCUT2D eigenvalue weighted by Gasteiger charge is -2.33. The summed E-state index contributed by atoms with van der Waals surface area (Å²) >= 11 is 0. The highest BCUT2D eigenvalue weighted by molar-refractivity contribution is 8.07. The zero-order valence-corrected chi connectivity index (χ0v) is 12.8. The van der Waals surface area contributed by atoms with Crippen LogP contribution in [0.2, 0.25) is 0 Å². The summed E-state index contributed by atoms with van der Waals surface area (Å²) in [6.45, 7) is 0. The van der Waals surface area contributed by atoms with Gasteiger partial charge in [0.25, 0.3) is 0 Å². The Morgan fingerprint density at radius 3 is 2.57 bits per heavy atom. The molecule has 0 amide bonds. The highest BCUT2D eigenvalue weighted by Crippen LogP contribution is 2.36. The van der Waals surface area contributed by atoms with Crippen molar-refractivity contribution in [1.29, 1.82) is 0 Å². The fourth-order valence-electron chi connectivity index (χ4n) is 2.81. The number of rotatable bonds is 3. The van der Waals surface area contributed by atoms with Crippen LogP contribution in [-0.2, 0) is 9.93 Å². The minimum Gasteiger partial charge on any atom is -0.275 e. The Morgan fingerprint density at radius 1 is 0.952 bits per heavy atom. The van der Waals surface area contributed by atoms with Crippen LogP contribution in [0.1, 0.15) is 12.8 Å². The van der Waals surface area contributed by atoms with Crippen LogP contribution in [0.4, 0.5) is 0 Å². The molecule has 21 heavy (non-hydrogen) atoms. The number of thiol groups is 1. The molecule has 0 aromatic heterocycles. The van der Waals surface area contributed by atoms with Crippen LogP contribution in [-0.4, -0.2) is 9.46 Å². The predicted octanol–water partition coefficient (Wildman–Crippen LogP) is 4.35. The zero-order chi connectivity index (χ0) is 14.5. The Kier molecular flexibility index (Phi) is 4.16. The minimum atomic E-state index is -2.67. The van der Waals surface area contributed by atoms with Crippen LogP contribution in [0, 0.1) is 0 Å². The molecule has 0 aliphatic heterocycles. The van der Waals surface area contributed by atoms with Crippen molar-refractivity contribution in [3.63, 3.8) is 0 Å². The smallest absolute Gasteiger partial charge is 0.0422 e. The van der Waals surface area contributed by atoms with E-state index in [-0.39, 0.29) is 5.25 Å². The Labute approximate surface area is 127 Å². The summed E-state index contributed by atoms with van der Waals surface area (Å²) in [5.74, 6) is 0. The first-order chi connectivity index (χ1) is 10.3. The number of allylic oxidation sites excluding steroid dienone is 8. The molecule has 2 heteroatoms. The maximum atomic E-state index is 14.0. The van der Waals surface area contributed by atoms with E-state index in [1.54, 1.807) is 0 Å². The summed E-state index contributed by atoms with van der Waals surface area (Å²) in [5.41, 5.74) is 0. The number of benzene rings is 1. The number of hydrogen-bond donors (Lipinski definition) is 1. The van der Waals surface area contributed by atoms with Gasteiger partial charge >= 0.3 is 0 Å². The first kappa shape index (κ1) is 14.0. The van der Waals surface area contributed by atoms with E-state index in [1.165, 1.54) is 0 Å². The minimum absolute atomic E-state index is 0.0484. The highest BCUT2D eigenvalue weighted by Gasteiger charge is 2.29. The molecule has 3 rings (SSSR count). The van der Waals surface area contributed by atoms with E-state index < -0.39 is 9.93 Å². The normalized spacial score (nSPS) is 21.9. The molecule has 0 bridgehead atoms. The molecule has 108 valence electrons. The molecule has 1 unspecified atom stereocenters. The van der Waals surface area contributed by atoms with Gasteiger partial charge in [0.2, 0.25) is 0 Å². The highest BCUT2D eigenvalue weighted by atomic mass is 32.2. The van der Waals surface area contributed by atoms with Gasteiger partial charge in [-0.25, -0.2) is 0 Å². The van der Waals surface area contributed by atoms with Gasteiger partial charge in [0, 0.05) is 15.1 Å². The molecular weight excluding hydrogens is 276 g/mol. The summed E-state index contributed by atoms with van der Waals surface area (Å²) in [5, 5.41) is 0.0484. The van der Waals surface area contributed by atoms with Crippen molar-refractivity contribution in [2.24, 2.45) is 0 Å². The van der Waals surface area contributed by atoms with E-state index in [4.69, 9.17) is 0 Å². The maximum Gasteiger partial charge on any atom is 0.0422 e. The second kappa shape index (κ2) is 6.23. The fraction of sp³-hybridized carbons (Fsp3) is 0.158. The van der Waals surface area contributed by atoms with E-state index in [0.29, 0.717) is 0 Å². The quantitative estimate of drug-likeness (QED) is 0.821.